The Balaban J connectivity index is 1.07. The van der Waals surface area contributed by atoms with Crippen LogP contribution < -0.4 is 10.6 Å². The fourth-order valence-corrected chi connectivity index (χ4v) is 7.91. The Bertz CT molecular complexity index is 2240. The van der Waals surface area contributed by atoms with E-state index in [1.807, 2.05) is 64.1 Å². The average molecular weight is 780 g/mol. The predicted octanol–water partition coefficient (Wildman–Crippen LogP) is 6.36. The molecule has 16 heteroatoms. The first-order valence-corrected chi connectivity index (χ1v) is 19.4. The largest absolute Gasteiger partial charge is 0.453 e. The van der Waals surface area contributed by atoms with Gasteiger partial charge in [-0.3, -0.25) is 9.59 Å². The van der Waals surface area contributed by atoms with Gasteiger partial charge in [0.25, 0.3) is 0 Å². The summed E-state index contributed by atoms with van der Waals surface area (Å²) >= 11 is 0. The molecule has 2 aromatic carbocycles. The quantitative estimate of drug-likeness (QED) is 0.117. The van der Waals surface area contributed by atoms with Crippen molar-refractivity contribution in [1.29, 1.82) is 0 Å². The number of nitrogens with one attached hydrogen (secondary N) is 4. The lowest BCUT2D eigenvalue weighted by Gasteiger charge is -2.30. The Kier molecular flexibility index (Phi) is 11.3. The number of imidazole rings is 2. The average Bonchev–Trinajstić information content (AvgIpc) is 4.07. The number of oxazole rings is 1. The minimum atomic E-state index is -0.720. The highest BCUT2D eigenvalue weighted by Crippen LogP contribution is 2.38. The number of benzene rings is 2. The highest BCUT2D eigenvalue weighted by molar-refractivity contribution is 5.99. The van der Waals surface area contributed by atoms with Gasteiger partial charge in [-0.25, -0.2) is 24.5 Å². The number of aromatic nitrogens is 5. The zero-order valence-corrected chi connectivity index (χ0v) is 33.0. The number of fused-ring (bicyclic) bond motifs is 1. The molecule has 7 rings (SSSR count). The van der Waals surface area contributed by atoms with Crippen LogP contribution in [-0.4, -0.2) is 98.1 Å². The summed E-state index contributed by atoms with van der Waals surface area (Å²) in [4.78, 5) is 75.6. The zero-order chi connectivity index (χ0) is 40.4. The number of H-pyrrole nitrogens is 2. The van der Waals surface area contributed by atoms with Gasteiger partial charge in [-0.2, -0.15) is 0 Å². The van der Waals surface area contributed by atoms with Crippen molar-refractivity contribution in [2.45, 2.75) is 77.5 Å². The predicted molar refractivity (Wildman–Crippen MR) is 210 cm³/mol. The van der Waals surface area contributed by atoms with Crippen molar-refractivity contribution in [3.8, 4) is 33.6 Å². The molecule has 4 atom stereocenters. The van der Waals surface area contributed by atoms with Crippen molar-refractivity contribution in [1.82, 2.24) is 45.4 Å². The molecule has 4 amide bonds. The Morgan fingerprint density at radius 2 is 1.19 bits per heavy atom. The molecule has 5 aromatic rings. The summed E-state index contributed by atoms with van der Waals surface area (Å²) in [5, 5.41) is 5.38. The zero-order valence-electron chi connectivity index (χ0n) is 33.0. The Morgan fingerprint density at radius 1 is 0.702 bits per heavy atom. The van der Waals surface area contributed by atoms with Crippen molar-refractivity contribution in [2.24, 2.45) is 11.8 Å². The number of rotatable bonds is 11. The molecule has 2 saturated heterocycles. The number of hydrogen-bond acceptors (Lipinski definition) is 10. The summed E-state index contributed by atoms with van der Waals surface area (Å²) in [6, 6.07) is 10.1. The lowest BCUT2D eigenvalue weighted by atomic mass is 9.99. The van der Waals surface area contributed by atoms with Gasteiger partial charge in [-0.15, -0.1) is 0 Å². The number of alkyl carbamates (subject to hydrolysis) is 2. The van der Waals surface area contributed by atoms with Gasteiger partial charge >= 0.3 is 12.2 Å². The molecule has 0 unspecified atom stereocenters. The first-order valence-electron chi connectivity index (χ1n) is 19.4. The fourth-order valence-electron chi connectivity index (χ4n) is 7.91. The molecule has 5 heterocycles. The van der Waals surface area contributed by atoms with E-state index in [1.165, 1.54) is 20.6 Å². The third-order valence-electron chi connectivity index (χ3n) is 11.0. The maximum Gasteiger partial charge on any atom is 0.407 e. The van der Waals surface area contributed by atoms with Crippen molar-refractivity contribution in [3.63, 3.8) is 0 Å². The van der Waals surface area contributed by atoms with Crippen LogP contribution >= 0.6 is 0 Å². The van der Waals surface area contributed by atoms with Crippen LogP contribution in [0.1, 0.15) is 77.1 Å². The van der Waals surface area contributed by atoms with Gasteiger partial charge in [0.15, 0.2) is 12.0 Å². The summed E-state index contributed by atoms with van der Waals surface area (Å²) in [6.07, 6.45) is 6.83. The highest BCUT2D eigenvalue weighted by Gasteiger charge is 2.39. The minimum absolute atomic E-state index is 0.120. The molecule has 16 nitrogen and oxygen atoms in total. The molecule has 300 valence electrons. The number of carbonyl (C=O) groups excluding carboxylic acids is 4. The molecule has 0 aliphatic carbocycles. The molecule has 2 aliphatic rings. The third kappa shape index (κ3) is 7.80. The third-order valence-corrected chi connectivity index (χ3v) is 11.0. The number of aromatic amines is 2. The van der Waals surface area contributed by atoms with Crippen LogP contribution in [0.4, 0.5) is 9.59 Å². The molecule has 3 aromatic heterocycles. The number of nitrogens with zero attached hydrogens (tertiary/aromatic N) is 5. The molecule has 2 fully saturated rings. The summed E-state index contributed by atoms with van der Waals surface area (Å²) in [5.41, 5.74) is 6.40. The normalized spacial score (nSPS) is 18.0. The highest BCUT2D eigenvalue weighted by atomic mass is 16.5. The van der Waals surface area contributed by atoms with E-state index >= 15 is 0 Å². The fraction of sp³-hybridized carbons (Fsp3) is 0.439. The van der Waals surface area contributed by atoms with Crippen LogP contribution in [0.25, 0.3) is 44.7 Å². The molecule has 0 spiro atoms. The monoisotopic (exact) mass is 779 g/mol. The lowest BCUT2D eigenvalue weighted by molar-refractivity contribution is -0.136. The standard InChI is InChI=1S/C41H49N9O7/c1-22(2)32(47-40(53)55-5)38(51)49-17-7-9-30(49)36-42-19-28(45-36)25-13-11-24(12-14-25)26-15-16-27(34-35(26)57-21-44-34)29-20-43-37(46-29)31-10-8-18-50(31)39(52)33(23(3)4)48-41(54)56-6/h11-16,19-23,30-33H,7-10,17-18H2,1-6H3,(H,42,45)(H,43,46)(H,47,53)(H,48,54)/t30-,31-,32-,33-/m0/s1. The SMILES string of the molecule is COC(=O)N[C@H](C(=O)N1CCC[C@H]1c1ncc(-c2ccc(-c3ccc(-c4cnc([C@@H]5CCCN5C(=O)[C@@H](NC(=O)OC)C(C)C)[nH]4)c4ncoc34)cc2)[nH]1)C(C)C. The number of hydrogen-bond donors (Lipinski definition) is 4. The number of amides is 4. The van der Waals surface area contributed by atoms with Crippen LogP contribution in [0.15, 0.2) is 59.6 Å². The second-order valence-electron chi connectivity index (χ2n) is 15.2. The van der Waals surface area contributed by atoms with E-state index in [0.717, 1.165) is 59.3 Å². The van der Waals surface area contributed by atoms with E-state index in [-0.39, 0.29) is 35.7 Å². The second-order valence-corrected chi connectivity index (χ2v) is 15.2. The first-order chi connectivity index (χ1) is 27.5. The number of carbonyl (C=O) groups is 4. The molecule has 0 bridgehead atoms. The van der Waals surface area contributed by atoms with Crippen LogP contribution in [0.2, 0.25) is 0 Å². The molecule has 2 aliphatic heterocycles. The summed E-state index contributed by atoms with van der Waals surface area (Å²) in [7, 11) is 2.56. The van der Waals surface area contributed by atoms with E-state index in [4.69, 9.17) is 18.9 Å². The molecule has 4 N–H and O–H groups in total. The topological polar surface area (TPSA) is 201 Å². The van der Waals surface area contributed by atoms with Gasteiger partial charge in [0.05, 0.1) is 50.1 Å². The van der Waals surface area contributed by atoms with E-state index in [0.29, 0.717) is 35.8 Å². The van der Waals surface area contributed by atoms with Crippen molar-refractivity contribution >= 4 is 35.1 Å². The molecular weight excluding hydrogens is 731 g/mol. The van der Waals surface area contributed by atoms with Crippen molar-refractivity contribution in [3.05, 3.63) is 66.8 Å². The minimum Gasteiger partial charge on any atom is -0.453 e. The maximum absolute atomic E-state index is 13.6. The summed E-state index contributed by atoms with van der Waals surface area (Å²) in [5.74, 6) is 0.785. The van der Waals surface area contributed by atoms with E-state index in [1.54, 1.807) is 22.2 Å². The first kappa shape index (κ1) is 39.1. The van der Waals surface area contributed by atoms with Crippen LogP contribution in [0.5, 0.6) is 0 Å². The van der Waals surface area contributed by atoms with E-state index in [2.05, 4.69) is 30.6 Å². The lowest BCUT2D eigenvalue weighted by Crippen LogP contribution is -2.51. The number of methoxy groups -OCH3 is 2. The Morgan fingerprint density at radius 3 is 1.72 bits per heavy atom. The van der Waals surface area contributed by atoms with Crippen LogP contribution in [-0.2, 0) is 19.1 Å². The second kappa shape index (κ2) is 16.5. The van der Waals surface area contributed by atoms with Crippen LogP contribution in [0, 0.1) is 11.8 Å². The van der Waals surface area contributed by atoms with Crippen molar-refractivity contribution < 1.29 is 33.1 Å². The van der Waals surface area contributed by atoms with Crippen molar-refractivity contribution in [2.75, 3.05) is 27.3 Å². The van der Waals surface area contributed by atoms with Crippen LogP contribution in [0.3, 0.4) is 0 Å². The summed E-state index contributed by atoms with van der Waals surface area (Å²) < 4.78 is 15.5. The number of ether oxygens (including phenoxy) is 2. The van der Waals surface area contributed by atoms with E-state index < -0.39 is 24.3 Å². The van der Waals surface area contributed by atoms with Gasteiger partial charge in [0.2, 0.25) is 11.8 Å². The Labute approximate surface area is 330 Å². The number of likely N-dealkylation sites (tertiary alicyclic amines) is 2. The van der Waals surface area contributed by atoms with Gasteiger partial charge in [-0.1, -0.05) is 52.0 Å². The van der Waals surface area contributed by atoms with Gasteiger partial charge in [-0.05, 0) is 60.8 Å². The van der Waals surface area contributed by atoms with Gasteiger partial charge in [0.1, 0.15) is 29.2 Å². The maximum atomic E-state index is 13.6. The van der Waals surface area contributed by atoms with Gasteiger partial charge in [0, 0.05) is 24.2 Å². The summed E-state index contributed by atoms with van der Waals surface area (Å²) in [6.45, 7) is 8.70. The Hall–Kier alpha value is -6.19. The van der Waals surface area contributed by atoms with Gasteiger partial charge < -0.3 is 44.3 Å². The molecule has 0 radical (unpaired) electrons. The molecule has 57 heavy (non-hydrogen) atoms. The van der Waals surface area contributed by atoms with E-state index in [9.17, 15) is 19.2 Å². The molecule has 0 saturated carbocycles. The smallest absolute Gasteiger partial charge is 0.407 e. The molecular formula is C41H49N9O7.